The highest BCUT2D eigenvalue weighted by molar-refractivity contribution is 14.1. The molecule has 0 unspecified atom stereocenters. The molecule has 3 heteroatoms. The predicted molar refractivity (Wildman–Crippen MR) is 78.0 cm³/mol. The molecule has 0 spiro atoms. The number of aromatic nitrogens is 2. The quantitative estimate of drug-likeness (QED) is 0.654. The molecule has 0 saturated heterocycles. The zero-order valence-corrected chi connectivity index (χ0v) is 11.3. The summed E-state index contributed by atoms with van der Waals surface area (Å²) in [5, 5.41) is 0. The summed E-state index contributed by atoms with van der Waals surface area (Å²) in [6, 6.07) is 16.8. The van der Waals surface area contributed by atoms with Crippen LogP contribution in [0, 0.1) is 3.57 Å². The van der Waals surface area contributed by atoms with Crippen LogP contribution in [0.25, 0.3) is 11.0 Å². The van der Waals surface area contributed by atoms with Crippen molar-refractivity contribution in [2.75, 3.05) is 0 Å². The van der Waals surface area contributed by atoms with Gasteiger partial charge in [0.2, 0.25) is 0 Å². The lowest BCUT2D eigenvalue weighted by Crippen LogP contribution is -1.97. The third kappa shape index (κ3) is 2.20. The van der Waals surface area contributed by atoms with Crippen LogP contribution in [0.2, 0.25) is 0 Å². The smallest absolute Gasteiger partial charge is 0.0961 e. The minimum Gasteiger partial charge on any atom is -0.326 e. The summed E-state index contributed by atoms with van der Waals surface area (Å²) in [6.07, 6.45) is 1.91. The van der Waals surface area contributed by atoms with Gasteiger partial charge in [-0.1, -0.05) is 30.3 Å². The van der Waals surface area contributed by atoms with Gasteiger partial charge in [0.25, 0.3) is 0 Å². The van der Waals surface area contributed by atoms with Crippen molar-refractivity contribution in [1.29, 1.82) is 0 Å². The van der Waals surface area contributed by atoms with E-state index < -0.39 is 0 Å². The highest BCUT2D eigenvalue weighted by Crippen LogP contribution is 2.17. The maximum Gasteiger partial charge on any atom is 0.0961 e. The monoisotopic (exact) mass is 334 g/mol. The summed E-state index contributed by atoms with van der Waals surface area (Å²) in [5.74, 6) is 0. The first-order chi connectivity index (χ1) is 8.33. The molecular formula is C14H11IN2. The zero-order chi connectivity index (χ0) is 11.7. The van der Waals surface area contributed by atoms with E-state index in [0.717, 1.165) is 12.1 Å². The van der Waals surface area contributed by atoms with E-state index in [1.807, 2.05) is 12.4 Å². The van der Waals surface area contributed by atoms with E-state index in [-0.39, 0.29) is 0 Å². The van der Waals surface area contributed by atoms with Gasteiger partial charge < -0.3 is 4.57 Å². The first kappa shape index (κ1) is 10.8. The normalized spacial score (nSPS) is 10.9. The molecule has 1 aromatic heterocycles. The molecule has 0 aliphatic rings. The van der Waals surface area contributed by atoms with Gasteiger partial charge in [-0.2, -0.15) is 0 Å². The lowest BCUT2D eigenvalue weighted by atomic mass is 10.2. The molecule has 0 atom stereocenters. The molecule has 0 saturated carbocycles. The minimum atomic E-state index is 0.873. The van der Waals surface area contributed by atoms with Gasteiger partial charge in [-0.15, -0.1) is 0 Å². The van der Waals surface area contributed by atoms with Crippen molar-refractivity contribution in [3.05, 3.63) is 64.0 Å². The van der Waals surface area contributed by atoms with Crippen molar-refractivity contribution in [2.24, 2.45) is 0 Å². The second-order valence-electron chi connectivity index (χ2n) is 3.99. The van der Waals surface area contributed by atoms with Crippen molar-refractivity contribution in [3.8, 4) is 0 Å². The Kier molecular flexibility index (Phi) is 2.84. The highest BCUT2D eigenvalue weighted by atomic mass is 127. The molecule has 3 rings (SSSR count). The van der Waals surface area contributed by atoms with Gasteiger partial charge in [0.05, 0.1) is 17.4 Å². The van der Waals surface area contributed by atoms with Crippen LogP contribution >= 0.6 is 22.6 Å². The fourth-order valence-electron chi connectivity index (χ4n) is 1.94. The number of nitrogens with zero attached hydrogens (tertiary/aromatic N) is 2. The first-order valence-corrected chi connectivity index (χ1v) is 6.55. The molecule has 3 aromatic rings. The lowest BCUT2D eigenvalue weighted by Gasteiger charge is -2.04. The van der Waals surface area contributed by atoms with E-state index >= 15 is 0 Å². The summed E-state index contributed by atoms with van der Waals surface area (Å²) in [4.78, 5) is 4.43. The number of rotatable bonds is 2. The Balaban J connectivity index is 2.01. The summed E-state index contributed by atoms with van der Waals surface area (Å²) in [5.41, 5.74) is 3.55. The van der Waals surface area contributed by atoms with E-state index in [1.165, 1.54) is 14.7 Å². The molecule has 0 fully saturated rings. The van der Waals surface area contributed by atoms with Gasteiger partial charge in [-0.3, -0.25) is 0 Å². The summed E-state index contributed by atoms with van der Waals surface area (Å²) >= 11 is 2.31. The molecule has 0 aliphatic heterocycles. The molecule has 0 bridgehead atoms. The maximum absolute atomic E-state index is 4.43. The Hall–Kier alpha value is -1.36. The number of halogens is 1. The lowest BCUT2D eigenvalue weighted by molar-refractivity contribution is 0.824. The average Bonchev–Trinajstić information content (AvgIpc) is 2.73. The Morgan fingerprint density at radius 1 is 1.06 bits per heavy atom. The van der Waals surface area contributed by atoms with Gasteiger partial charge in [0.1, 0.15) is 0 Å². The van der Waals surface area contributed by atoms with Gasteiger partial charge in [-0.25, -0.2) is 4.98 Å². The molecule has 17 heavy (non-hydrogen) atoms. The third-order valence-electron chi connectivity index (χ3n) is 2.78. The van der Waals surface area contributed by atoms with Crippen molar-refractivity contribution in [2.45, 2.75) is 6.54 Å². The first-order valence-electron chi connectivity index (χ1n) is 5.47. The van der Waals surface area contributed by atoms with Crippen molar-refractivity contribution in [3.63, 3.8) is 0 Å². The van der Waals surface area contributed by atoms with Crippen molar-refractivity contribution in [1.82, 2.24) is 9.55 Å². The Bertz CT molecular complexity index is 644. The van der Waals surface area contributed by atoms with Crippen LogP contribution < -0.4 is 0 Å². The number of hydrogen-bond acceptors (Lipinski definition) is 1. The van der Waals surface area contributed by atoms with Crippen LogP contribution in [-0.4, -0.2) is 9.55 Å². The van der Waals surface area contributed by atoms with E-state index in [2.05, 4.69) is 74.6 Å². The molecule has 0 amide bonds. The maximum atomic E-state index is 4.43. The Morgan fingerprint density at radius 2 is 1.88 bits per heavy atom. The standard InChI is InChI=1S/C14H11IN2/c15-12-6-7-14-13(8-12)16-10-17(14)9-11-4-2-1-3-5-11/h1-8,10H,9H2. The fraction of sp³-hybridized carbons (Fsp3) is 0.0714. The van der Waals surface area contributed by atoms with E-state index in [0.29, 0.717) is 0 Å². The summed E-state index contributed by atoms with van der Waals surface area (Å²) < 4.78 is 3.40. The number of benzene rings is 2. The number of imidazole rings is 1. The van der Waals surface area contributed by atoms with E-state index in [4.69, 9.17) is 0 Å². The van der Waals surface area contributed by atoms with Crippen LogP contribution in [0.3, 0.4) is 0 Å². The van der Waals surface area contributed by atoms with E-state index in [1.54, 1.807) is 0 Å². The Labute approximate surface area is 113 Å². The largest absolute Gasteiger partial charge is 0.326 e. The van der Waals surface area contributed by atoms with Crippen LogP contribution in [0.4, 0.5) is 0 Å². The van der Waals surface area contributed by atoms with Crippen LogP contribution in [0.1, 0.15) is 5.56 Å². The highest BCUT2D eigenvalue weighted by Gasteiger charge is 2.03. The van der Waals surface area contributed by atoms with Crippen molar-refractivity contribution < 1.29 is 0 Å². The molecule has 84 valence electrons. The molecule has 0 aliphatic carbocycles. The van der Waals surface area contributed by atoms with Gasteiger partial charge in [0.15, 0.2) is 0 Å². The minimum absolute atomic E-state index is 0.873. The van der Waals surface area contributed by atoms with E-state index in [9.17, 15) is 0 Å². The molecule has 0 radical (unpaired) electrons. The van der Waals surface area contributed by atoms with Crippen molar-refractivity contribution >= 4 is 33.6 Å². The second-order valence-corrected chi connectivity index (χ2v) is 5.24. The molecule has 2 aromatic carbocycles. The average molecular weight is 334 g/mol. The van der Waals surface area contributed by atoms with Crippen LogP contribution in [0.15, 0.2) is 54.9 Å². The van der Waals surface area contributed by atoms with Crippen LogP contribution in [-0.2, 0) is 6.54 Å². The summed E-state index contributed by atoms with van der Waals surface area (Å²) in [7, 11) is 0. The molecule has 0 N–H and O–H groups in total. The second kappa shape index (κ2) is 4.49. The SMILES string of the molecule is Ic1ccc2c(c1)ncn2Cc1ccccc1. The number of hydrogen-bond donors (Lipinski definition) is 0. The zero-order valence-electron chi connectivity index (χ0n) is 9.18. The molecule has 2 nitrogen and oxygen atoms in total. The third-order valence-corrected chi connectivity index (χ3v) is 3.45. The molecular weight excluding hydrogens is 323 g/mol. The Morgan fingerprint density at radius 3 is 2.71 bits per heavy atom. The fourth-order valence-corrected chi connectivity index (χ4v) is 2.42. The van der Waals surface area contributed by atoms with Gasteiger partial charge in [0, 0.05) is 10.1 Å². The van der Waals surface area contributed by atoms with Crippen LogP contribution in [0.5, 0.6) is 0 Å². The topological polar surface area (TPSA) is 17.8 Å². The molecule has 1 heterocycles. The summed E-state index contributed by atoms with van der Waals surface area (Å²) in [6.45, 7) is 0.873. The van der Waals surface area contributed by atoms with Gasteiger partial charge >= 0.3 is 0 Å². The predicted octanol–water partition coefficient (Wildman–Crippen LogP) is 3.69. The number of fused-ring (bicyclic) bond motifs is 1. The van der Waals surface area contributed by atoms with Gasteiger partial charge in [-0.05, 0) is 46.4 Å².